The highest BCUT2D eigenvalue weighted by Gasteiger charge is 2.22. The molecule has 0 radical (unpaired) electrons. The summed E-state index contributed by atoms with van der Waals surface area (Å²) in [6.07, 6.45) is 4.57. The van der Waals surface area contributed by atoms with Crippen molar-refractivity contribution in [3.8, 4) is 22.8 Å². The molecule has 3 aromatic rings. The van der Waals surface area contributed by atoms with Gasteiger partial charge in [0.05, 0.1) is 37.6 Å². The highest BCUT2D eigenvalue weighted by atomic mass is 16.5. The van der Waals surface area contributed by atoms with E-state index in [1.807, 2.05) is 12.1 Å². The van der Waals surface area contributed by atoms with Crippen molar-refractivity contribution < 1.29 is 19.0 Å². The molecule has 0 saturated heterocycles. The summed E-state index contributed by atoms with van der Waals surface area (Å²) < 4.78 is 16.4. The highest BCUT2D eigenvalue weighted by molar-refractivity contribution is 5.97. The Labute approximate surface area is 192 Å². The number of methoxy groups -OCH3 is 1. The van der Waals surface area contributed by atoms with Gasteiger partial charge in [0.15, 0.2) is 0 Å². The second-order valence-electron chi connectivity index (χ2n) is 7.68. The molecule has 3 aromatic heterocycles. The fourth-order valence-corrected chi connectivity index (χ4v) is 3.24. The van der Waals surface area contributed by atoms with Gasteiger partial charge in [-0.1, -0.05) is 13.8 Å². The number of H-pyrrole nitrogens is 1. The molecule has 9 heteroatoms. The van der Waals surface area contributed by atoms with Crippen molar-refractivity contribution in [3.05, 3.63) is 64.2 Å². The van der Waals surface area contributed by atoms with Crippen LogP contribution in [0, 0.1) is 12.8 Å². The number of aryl methyl sites for hydroxylation is 1. The van der Waals surface area contributed by atoms with Crippen molar-refractivity contribution in [2.24, 2.45) is 5.92 Å². The van der Waals surface area contributed by atoms with Gasteiger partial charge in [-0.25, -0.2) is 9.78 Å². The quantitative estimate of drug-likeness (QED) is 0.490. The third-order valence-corrected chi connectivity index (χ3v) is 5.38. The van der Waals surface area contributed by atoms with E-state index < -0.39 is 5.97 Å². The number of carbonyl (C=O) groups is 1. The zero-order valence-electron chi connectivity index (χ0n) is 19.4. The van der Waals surface area contributed by atoms with Gasteiger partial charge in [0.1, 0.15) is 11.6 Å². The van der Waals surface area contributed by atoms with Crippen molar-refractivity contribution in [2.45, 2.75) is 33.6 Å². The third-order valence-electron chi connectivity index (χ3n) is 5.38. The van der Waals surface area contributed by atoms with Crippen LogP contribution in [0.25, 0.3) is 11.1 Å². The minimum atomic E-state index is -0.553. The predicted molar refractivity (Wildman–Crippen MR) is 123 cm³/mol. The first-order valence-electron chi connectivity index (χ1n) is 10.7. The lowest BCUT2D eigenvalue weighted by atomic mass is 9.93. The molecule has 0 aliphatic carbocycles. The highest BCUT2D eigenvalue weighted by Crippen LogP contribution is 2.31. The van der Waals surface area contributed by atoms with Crippen molar-refractivity contribution in [3.63, 3.8) is 0 Å². The number of esters is 1. The van der Waals surface area contributed by atoms with E-state index in [0.29, 0.717) is 35.2 Å². The van der Waals surface area contributed by atoms with Crippen LogP contribution in [0.1, 0.15) is 48.6 Å². The Morgan fingerprint density at radius 3 is 2.61 bits per heavy atom. The van der Waals surface area contributed by atoms with E-state index in [-0.39, 0.29) is 29.6 Å². The van der Waals surface area contributed by atoms with Gasteiger partial charge in [0.2, 0.25) is 11.4 Å². The fourth-order valence-electron chi connectivity index (χ4n) is 3.24. The van der Waals surface area contributed by atoms with Gasteiger partial charge in [-0.3, -0.25) is 9.78 Å². The molecule has 9 nitrogen and oxygen atoms in total. The van der Waals surface area contributed by atoms with Crippen LogP contribution in [-0.2, 0) is 4.74 Å². The number of aromatic nitrogens is 4. The van der Waals surface area contributed by atoms with E-state index in [1.54, 1.807) is 33.4 Å². The number of rotatable bonds is 9. The molecule has 3 rings (SSSR count). The topological polar surface area (TPSA) is 116 Å². The standard InChI is InChI=1S/C24H28N4O5/c1-6-32-24(30)20-12-27-22(29)9-18(20)19-11-25-16(4)28-23(19)33-13-14(2)15(3)21-8-7-17(31-5)10-26-21/h7-12,14-15H,6,13H2,1-5H3,(H,27,29)/t14?,15-/m0/s1. The Kier molecular flexibility index (Phi) is 7.76. The Morgan fingerprint density at radius 2 is 1.94 bits per heavy atom. The van der Waals surface area contributed by atoms with E-state index in [1.165, 1.54) is 12.3 Å². The molecule has 0 spiro atoms. The molecule has 0 aliphatic rings. The second-order valence-corrected chi connectivity index (χ2v) is 7.68. The first-order chi connectivity index (χ1) is 15.8. The molecule has 0 amide bonds. The summed E-state index contributed by atoms with van der Waals surface area (Å²) in [5, 5.41) is 0. The lowest BCUT2D eigenvalue weighted by Gasteiger charge is -2.21. The van der Waals surface area contributed by atoms with Crippen molar-refractivity contribution in [1.29, 1.82) is 0 Å². The molecular weight excluding hydrogens is 424 g/mol. The molecule has 1 N–H and O–H groups in total. The van der Waals surface area contributed by atoms with Crippen LogP contribution in [0.4, 0.5) is 0 Å². The van der Waals surface area contributed by atoms with Gasteiger partial charge < -0.3 is 19.2 Å². The molecule has 0 fully saturated rings. The van der Waals surface area contributed by atoms with Gasteiger partial charge in [-0.15, -0.1) is 0 Å². The number of ether oxygens (including phenoxy) is 3. The fraction of sp³-hybridized carbons (Fsp3) is 0.375. The maximum Gasteiger partial charge on any atom is 0.340 e. The molecule has 33 heavy (non-hydrogen) atoms. The first kappa shape index (κ1) is 23.9. The van der Waals surface area contributed by atoms with Crippen molar-refractivity contribution in [1.82, 2.24) is 19.9 Å². The first-order valence-corrected chi connectivity index (χ1v) is 10.7. The Hall–Kier alpha value is -3.75. The summed E-state index contributed by atoms with van der Waals surface area (Å²) in [6.45, 7) is 8.14. The normalized spacial score (nSPS) is 12.6. The Morgan fingerprint density at radius 1 is 1.15 bits per heavy atom. The van der Waals surface area contributed by atoms with Gasteiger partial charge in [0, 0.05) is 35.6 Å². The molecule has 2 atom stereocenters. The van der Waals surface area contributed by atoms with E-state index >= 15 is 0 Å². The number of carbonyl (C=O) groups excluding carboxylic acids is 1. The largest absolute Gasteiger partial charge is 0.495 e. The number of hydrogen-bond donors (Lipinski definition) is 1. The number of aromatic amines is 1. The van der Waals surface area contributed by atoms with Crippen LogP contribution in [-0.4, -0.2) is 46.2 Å². The predicted octanol–water partition coefficient (Wildman–Crippen LogP) is 3.54. The van der Waals surface area contributed by atoms with E-state index in [9.17, 15) is 9.59 Å². The maximum absolute atomic E-state index is 12.4. The van der Waals surface area contributed by atoms with Gasteiger partial charge in [0.25, 0.3) is 0 Å². The van der Waals surface area contributed by atoms with Crippen LogP contribution in [0.15, 0.2) is 41.6 Å². The SMILES string of the molecule is CCOC(=O)c1c[nH]c(=O)cc1-c1cnc(C)nc1OCC(C)[C@H](C)c1ccc(OC)cn1. The van der Waals surface area contributed by atoms with Crippen LogP contribution >= 0.6 is 0 Å². The molecule has 0 saturated carbocycles. The smallest absolute Gasteiger partial charge is 0.340 e. The number of hydrogen-bond acceptors (Lipinski definition) is 8. The lowest BCUT2D eigenvalue weighted by Crippen LogP contribution is -2.18. The zero-order chi connectivity index (χ0) is 24.0. The monoisotopic (exact) mass is 452 g/mol. The maximum atomic E-state index is 12.4. The third kappa shape index (κ3) is 5.74. The average molecular weight is 453 g/mol. The van der Waals surface area contributed by atoms with Crippen molar-refractivity contribution >= 4 is 5.97 Å². The van der Waals surface area contributed by atoms with Crippen LogP contribution in [0.3, 0.4) is 0 Å². The molecule has 174 valence electrons. The van der Waals surface area contributed by atoms with E-state index in [0.717, 1.165) is 5.69 Å². The van der Waals surface area contributed by atoms with Crippen molar-refractivity contribution in [2.75, 3.05) is 20.3 Å². The minimum Gasteiger partial charge on any atom is -0.495 e. The molecule has 0 bridgehead atoms. The number of nitrogens with zero attached hydrogens (tertiary/aromatic N) is 3. The zero-order valence-corrected chi connectivity index (χ0v) is 19.4. The number of nitrogens with one attached hydrogen (secondary N) is 1. The summed E-state index contributed by atoms with van der Waals surface area (Å²) in [6, 6.07) is 5.13. The van der Waals surface area contributed by atoms with Crippen LogP contribution in [0.5, 0.6) is 11.6 Å². The second kappa shape index (κ2) is 10.7. The summed E-state index contributed by atoms with van der Waals surface area (Å²) in [4.78, 5) is 40.1. The molecule has 0 aliphatic heterocycles. The summed E-state index contributed by atoms with van der Waals surface area (Å²) >= 11 is 0. The van der Waals surface area contributed by atoms with Gasteiger partial charge in [-0.05, 0) is 31.9 Å². The van der Waals surface area contributed by atoms with E-state index in [4.69, 9.17) is 14.2 Å². The Bertz CT molecular complexity index is 1160. The number of pyridine rings is 2. The molecule has 0 aromatic carbocycles. The molecule has 1 unspecified atom stereocenters. The molecule has 3 heterocycles. The summed E-state index contributed by atoms with van der Waals surface area (Å²) in [5.74, 6) is 1.15. The average Bonchev–Trinajstić information content (AvgIpc) is 2.82. The van der Waals surface area contributed by atoms with Crippen LogP contribution < -0.4 is 15.0 Å². The summed E-state index contributed by atoms with van der Waals surface area (Å²) in [7, 11) is 1.60. The van der Waals surface area contributed by atoms with Gasteiger partial charge >= 0.3 is 5.97 Å². The van der Waals surface area contributed by atoms with Gasteiger partial charge in [-0.2, -0.15) is 4.98 Å². The minimum absolute atomic E-state index is 0.0951. The Balaban J connectivity index is 1.87. The summed E-state index contributed by atoms with van der Waals surface area (Å²) in [5.41, 5.74) is 1.56. The molecular formula is C24H28N4O5. The van der Waals surface area contributed by atoms with Crippen LogP contribution in [0.2, 0.25) is 0 Å². The lowest BCUT2D eigenvalue weighted by molar-refractivity contribution is 0.0526. The van der Waals surface area contributed by atoms with E-state index in [2.05, 4.69) is 33.8 Å².